The third kappa shape index (κ3) is 2.14. The molecule has 0 aliphatic carbocycles. The monoisotopic (exact) mass is 273 g/mol. The van der Waals surface area contributed by atoms with Crippen molar-refractivity contribution in [3.05, 3.63) is 35.5 Å². The molecule has 4 nitrogen and oxygen atoms in total. The Labute approximate surface area is 116 Å². The molecule has 5 heteroatoms. The van der Waals surface area contributed by atoms with E-state index in [0.29, 0.717) is 0 Å². The number of aromatic nitrogens is 2. The quantitative estimate of drug-likeness (QED) is 0.931. The molecule has 0 amide bonds. The molecule has 0 radical (unpaired) electrons. The Kier molecular flexibility index (Phi) is 3.29. The van der Waals surface area contributed by atoms with Crippen molar-refractivity contribution in [2.75, 3.05) is 19.5 Å². The number of fused-ring (bicyclic) bond motifs is 1. The first-order chi connectivity index (χ1) is 9.33. The Morgan fingerprint density at radius 1 is 1.21 bits per heavy atom. The van der Waals surface area contributed by atoms with Crippen molar-refractivity contribution in [3.63, 3.8) is 0 Å². The summed E-state index contributed by atoms with van der Waals surface area (Å²) in [6.07, 6.45) is 0. The van der Waals surface area contributed by atoms with Crippen LogP contribution in [-0.2, 0) is 11.5 Å². The number of benzene rings is 1. The van der Waals surface area contributed by atoms with Gasteiger partial charge >= 0.3 is 0 Å². The molecule has 0 spiro atoms. The standard InChI is InChI=1S/C14H15N3OS/c1-15-13-10-7-19-8-11(10)16-14(17-13)9-5-3-4-6-12(9)18-2/h3-6H,7-8H2,1-2H3,(H,15,16,17). The van der Waals surface area contributed by atoms with Gasteiger partial charge in [0.2, 0.25) is 0 Å². The first-order valence-corrected chi connectivity index (χ1v) is 7.27. The summed E-state index contributed by atoms with van der Waals surface area (Å²) in [5.41, 5.74) is 3.29. The molecule has 2 heterocycles. The summed E-state index contributed by atoms with van der Waals surface area (Å²) < 4.78 is 5.39. The van der Waals surface area contributed by atoms with Crippen LogP contribution in [0.15, 0.2) is 24.3 Å². The van der Waals surface area contributed by atoms with E-state index in [1.165, 1.54) is 5.56 Å². The molecule has 3 rings (SSSR count). The van der Waals surface area contributed by atoms with E-state index in [9.17, 15) is 0 Å². The number of anilines is 1. The lowest BCUT2D eigenvalue weighted by Crippen LogP contribution is -2.04. The first kappa shape index (κ1) is 12.3. The summed E-state index contributed by atoms with van der Waals surface area (Å²) in [5, 5.41) is 3.17. The highest BCUT2D eigenvalue weighted by Gasteiger charge is 2.20. The Morgan fingerprint density at radius 3 is 2.84 bits per heavy atom. The fourth-order valence-corrected chi connectivity index (χ4v) is 3.25. The van der Waals surface area contributed by atoms with Crippen molar-refractivity contribution in [3.8, 4) is 17.1 Å². The van der Waals surface area contributed by atoms with Gasteiger partial charge in [0.25, 0.3) is 0 Å². The van der Waals surface area contributed by atoms with Crippen LogP contribution >= 0.6 is 11.8 Å². The normalized spacial score (nSPS) is 13.2. The molecule has 98 valence electrons. The second kappa shape index (κ2) is 5.09. The lowest BCUT2D eigenvalue weighted by molar-refractivity contribution is 0.416. The molecule has 0 atom stereocenters. The van der Waals surface area contributed by atoms with Crippen LogP contribution in [0.25, 0.3) is 11.4 Å². The van der Waals surface area contributed by atoms with Crippen LogP contribution < -0.4 is 10.1 Å². The number of nitrogens with zero attached hydrogens (tertiary/aromatic N) is 2. The zero-order chi connectivity index (χ0) is 13.2. The minimum absolute atomic E-state index is 0.725. The van der Waals surface area contributed by atoms with E-state index < -0.39 is 0 Å². The molecule has 1 aliphatic rings. The number of nitrogens with one attached hydrogen (secondary N) is 1. The molecule has 2 aromatic rings. The van der Waals surface area contributed by atoms with Crippen LogP contribution in [0, 0.1) is 0 Å². The topological polar surface area (TPSA) is 47.0 Å². The molecular weight excluding hydrogens is 258 g/mol. The number of hydrogen-bond donors (Lipinski definition) is 1. The largest absolute Gasteiger partial charge is 0.496 e. The van der Waals surface area contributed by atoms with Crippen LogP contribution in [0.5, 0.6) is 5.75 Å². The summed E-state index contributed by atoms with van der Waals surface area (Å²) in [6, 6.07) is 7.84. The van der Waals surface area contributed by atoms with Gasteiger partial charge in [-0.3, -0.25) is 0 Å². The third-order valence-electron chi connectivity index (χ3n) is 3.16. The van der Waals surface area contributed by atoms with E-state index in [0.717, 1.165) is 40.2 Å². The lowest BCUT2D eigenvalue weighted by atomic mass is 10.1. The number of para-hydroxylation sites is 1. The van der Waals surface area contributed by atoms with Gasteiger partial charge in [-0.05, 0) is 12.1 Å². The Balaban J connectivity index is 2.15. The van der Waals surface area contributed by atoms with Gasteiger partial charge in [-0.2, -0.15) is 11.8 Å². The Morgan fingerprint density at radius 2 is 2.05 bits per heavy atom. The van der Waals surface area contributed by atoms with Crippen LogP contribution in [0.4, 0.5) is 5.82 Å². The molecule has 1 aliphatic heterocycles. The SMILES string of the molecule is CNc1nc(-c2ccccc2OC)nc2c1CSC2. The highest BCUT2D eigenvalue weighted by molar-refractivity contribution is 7.98. The van der Waals surface area contributed by atoms with Crippen LogP contribution in [0.1, 0.15) is 11.3 Å². The van der Waals surface area contributed by atoms with Gasteiger partial charge in [-0.15, -0.1) is 0 Å². The van der Waals surface area contributed by atoms with Crippen molar-refractivity contribution in [1.82, 2.24) is 9.97 Å². The summed E-state index contributed by atoms with van der Waals surface area (Å²) in [5.74, 6) is 4.39. The molecule has 1 aromatic carbocycles. The van der Waals surface area contributed by atoms with Crippen LogP contribution in [0.2, 0.25) is 0 Å². The molecular formula is C14H15N3OS. The maximum absolute atomic E-state index is 5.39. The van der Waals surface area contributed by atoms with Crippen molar-refractivity contribution in [2.45, 2.75) is 11.5 Å². The predicted octanol–water partition coefficient (Wildman–Crippen LogP) is 2.94. The fourth-order valence-electron chi connectivity index (χ4n) is 2.21. The number of rotatable bonds is 3. The number of methoxy groups -OCH3 is 1. The van der Waals surface area contributed by atoms with Gasteiger partial charge in [0.15, 0.2) is 5.82 Å². The van der Waals surface area contributed by atoms with Crippen LogP contribution in [-0.4, -0.2) is 24.1 Å². The van der Waals surface area contributed by atoms with E-state index in [2.05, 4.69) is 15.3 Å². The first-order valence-electron chi connectivity index (χ1n) is 6.12. The van der Waals surface area contributed by atoms with Gasteiger partial charge in [-0.25, -0.2) is 9.97 Å². The van der Waals surface area contributed by atoms with Gasteiger partial charge in [0.1, 0.15) is 11.6 Å². The lowest BCUT2D eigenvalue weighted by Gasteiger charge is -2.11. The zero-order valence-corrected chi connectivity index (χ0v) is 11.8. The van der Waals surface area contributed by atoms with E-state index >= 15 is 0 Å². The number of thioether (sulfide) groups is 1. The van der Waals surface area contributed by atoms with E-state index in [1.807, 2.05) is 43.1 Å². The van der Waals surface area contributed by atoms with Crippen molar-refractivity contribution >= 4 is 17.6 Å². The maximum Gasteiger partial charge on any atom is 0.165 e. The third-order valence-corrected chi connectivity index (χ3v) is 4.13. The average molecular weight is 273 g/mol. The second-order valence-electron chi connectivity index (χ2n) is 4.26. The predicted molar refractivity (Wildman–Crippen MR) is 78.6 cm³/mol. The van der Waals surface area contributed by atoms with Gasteiger partial charge in [0, 0.05) is 24.1 Å². The minimum Gasteiger partial charge on any atom is -0.496 e. The van der Waals surface area contributed by atoms with Crippen LogP contribution in [0.3, 0.4) is 0 Å². The highest BCUT2D eigenvalue weighted by atomic mass is 32.2. The molecule has 0 unspecified atom stereocenters. The number of hydrogen-bond acceptors (Lipinski definition) is 5. The molecule has 19 heavy (non-hydrogen) atoms. The molecule has 0 saturated carbocycles. The molecule has 1 N–H and O–H groups in total. The second-order valence-corrected chi connectivity index (χ2v) is 5.25. The summed E-state index contributed by atoms with van der Waals surface area (Å²) >= 11 is 1.87. The van der Waals surface area contributed by atoms with Crippen molar-refractivity contribution < 1.29 is 4.74 Å². The summed E-state index contributed by atoms with van der Waals surface area (Å²) in [4.78, 5) is 9.31. The fraction of sp³-hybridized carbons (Fsp3) is 0.286. The highest BCUT2D eigenvalue weighted by Crippen LogP contribution is 2.35. The zero-order valence-electron chi connectivity index (χ0n) is 10.9. The maximum atomic E-state index is 5.39. The van der Waals surface area contributed by atoms with E-state index in [-0.39, 0.29) is 0 Å². The summed E-state index contributed by atoms with van der Waals surface area (Å²) in [6.45, 7) is 0. The molecule has 0 fully saturated rings. The minimum atomic E-state index is 0.725. The van der Waals surface area contributed by atoms with Gasteiger partial charge in [0.05, 0.1) is 18.4 Å². The summed E-state index contributed by atoms with van der Waals surface area (Å²) in [7, 11) is 3.57. The van der Waals surface area contributed by atoms with Crippen molar-refractivity contribution in [1.29, 1.82) is 0 Å². The molecule has 1 aromatic heterocycles. The Bertz CT molecular complexity index is 616. The van der Waals surface area contributed by atoms with Gasteiger partial charge in [-0.1, -0.05) is 12.1 Å². The molecule has 0 bridgehead atoms. The molecule has 0 saturated heterocycles. The van der Waals surface area contributed by atoms with E-state index in [4.69, 9.17) is 4.74 Å². The Hall–Kier alpha value is -1.75. The average Bonchev–Trinajstić information content (AvgIpc) is 2.94. The van der Waals surface area contributed by atoms with Crippen molar-refractivity contribution in [2.24, 2.45) is 0 Å². The smallest absolute Gasteiger partial charge is 0.165 e. The number of ether oxygens (including phenoxy) is 1. The van der Waals surface area contributed by atoms with E-state index in [1.54, 1.807) is 7.11 Å². The van der Waals surface area contributed by atoms with Gasteiger partial charge < -0.3 is 10.1 Å².